The number of nitrogens with one attached hydrogen (secondary N) is 1. The lowest BCUT2D eigenvalue weighted by molar-refractivity contribution is 0.0660. The first-order valence-electron chi connectivity index (χ1n) is 12.3. The maximum atomic E-state index is 15.1. The zero-order valence-electron chi connectivity index (χ0n) is 21.5. The summed E-state index contributed by atoms with van der Waals surface area (Å²) >= 11 is 6.19. The number of hydrogen-bond acceptors (Lipinski definition) is 6. The van der Waals surface area contributed by atoms with Crippen LogP contribution in [0, 0.1) is 24.0 Å². The van der Waals surface area contributed by atoms with E-state index in [9.17, 15) is 14.0 Å². The number of benzene rings is 3. The molecule has 3 N–H and O–H groups in total. The molecule has 0 aliphatic carbocycles. The third-order valence-corrected chi connectivity index (χ3v) is 6.45. The molecule has 0 aliphatic heterocycles. The molecule has 0 bridgehead atoms. The zero-order chi connectivity index (χ0) is 28.8. The van der Waals surface area contributed by atoms with Gasteiger partial charge in [-0.05, 0) is 55.4 Å². The Kier molecular flexibility index (Phi) is 8.99. The van der Waals surface area contributed by atoms with E-state index in [0.29, 0.717) is 17.1 Å². The first-order chi connectivity index (χ1) is 19.3. The van der Waals surface area contributed by atoms with Gasteiger partial charge in [-0.25, -0.2) is 14.1 Å². The molecule has 40 heavy (non-hydrogen) atoms. The summed E-state index contributed by atoms with van der Waals surface area (Å²) in [7, 11) is 1.19. The standard InChI is InChI=1S/C29H26ClF2N5O3/c1-3-8-23(36(16-7-15-33)28(38)21-13-14-24(40-2)26(32)25(21)31)27-34-22-17-18(30)11-12-20(22)29(39)37(27)35-19-9-5-4-6-10-19/h1,4-6,9-14,17,23,35H,7-8,15-16,33H2,2H3. The van der Waals surface area contributed by atoms with Crippen molar-refractivity contribution >= 4 is 34.1 Å². The predicted molar refractivity (Wildman–Crippen MR) is 150 cm³/mol. The summed E-state index contributed by atoms with van der Waals surface area (Å²) in [6.07, 6.45) is 5.92. The molecule has 206 valence electrons. The normalized spacial score (nSPS) is 11.6. The zero-order valence-corrected chi connectivity index (χ0v) is 22.3. The largest absolute Gasteiger partial charge is 0.494 e. The van der Waals surface area contributed by atoms with E-state index in [-0.39, 0.29) is 42.0 Å². The van der Waals surface area contributed by atoms with Crippen LogP contribution in [0.25, 0.3) is 10.9 Å². The van der Waals surface area contributed by atoms with Gasteiger partial charge in [0.2, 0.25) is 5.82 Å². The summed E-state index contributed by atoms with van der Waals surface area (Å²) in [5.74, 6) is -1.30. The smallest absolute Gasteiger partial charge is 0.280 e. The molecule has 4 aromatic rings. The Morgan fingerprint density at radius 1 is 1.20 bits per heavy atom. The number of carbonyl (C=O) groups excluding carboxylic acids is 1. The SMILES string of the molecule is C#CCC(c1nc2cc(Cl)ccc2c(=O)n1Nc1ccccc1)N(CCCN)C(=O)c1ccc(OC)c(F)c1F. The summed E-state index contributed by atoms with van der Waals surface area (Å²) in [4.78, 5) is 33.5. The van der Waals surface area contributed by atoms with Gasteiger partial charge in [0, 0.05) is 18.0 Å². The lowest BCUT2D eigenvalue weighted by Gasteiger charge is -2.32. The van der Waals surface area contributed by atoms with Gasteiger partial charge in [-0.15, -0.1) is 12.3 Å². The highest BCUT2D eigenvalue weighted by Crippen LogP contribution is 2.29. The van der Waals surface area contributed by atoms with Gasteiger partial charge in [-0.1, -0.05) is 29.8 Å². The van der Waals surface area contributed by atoms with Crippen LogP contribution in [0.15, 0.2) is 65.5 Å². The van der Waals surface area contributed by atoms with Crippen molar-refractivity contribution < 1.29 is 18.3 Å². The molecule has 4 rings (SSSR count). The van der Waals surface area contributed by atoms with Gasteiger partial charge in [0.1, 0.15) is 6.04 Å². The van der Waals surface area contributed by atoms with Crippen LogP contribution >= 0.6 is 11.6 Å². The highest BCUT2D eigenvalue weighted by Gasteiger charge is 2.32. The Balaban J connectivity index is 1.94. The topological polar surface area (TPSA) is 102 Å². The van der Waals surface area contributed by atoms with Crippen LogP contribution in [0.2, 0.25) is 5.02 Å². The van der Waals surface area contributed by atoms with Crippen molar-refractivity contribution in [3.8, 4) is 18.1 Å². The van der Waals surface area contributed by atoms with E-state index >= 15 is 4.39 Å². The molecule has 1 atom stereocenters. The number of nitrogens with zero attached hydrogens (tertiary/aromatic N) is 3. The molecule has 1 unspecified atom stereocenters. The van der Waals surface area contributed by atoms with E-state index in [1.165, 1.54) is 22.8 Å². The van der Waals surface area contributed by atoms with Crippen molar-refractivity contribution in [1.82, 2.24) is 14.6 Å². The second-order valence-corrected chi connectivity index (χ2v) is 9.19. The van der Waals surface area contributed by atoms with Crippen LogP contribution in [0.1, 0.15) is 35.1 Å². The van der Waals surface area contributed by atoms with Crippen LogP contribution < -0.4 is 21.5 Å². The third kappa shape index (κ3) is 5.76. The number of terminal acetylenes is 1. The van der Waals surface area contributed by atoms with Gasteiger partial charge in [-0.2, -0.15) is 4.39 Å². The van der Waals surface area contributed by atoms with Gasteiger partial charge in [0.05, 0.1) is 29.3 Å². The molecule has 0 spiro atoms. The van der Waals surface area contributed by atoms with E-state index in [1.807, 2.05) is 6.07 Å². The van der Waals surface area contributed by atoms with Crippen molar-refractivity contribution in [2.45, 2.75) is 18.9 Å². The summed E-state index contributed by atoms with van der Waals surface area (Å²) in [5.41, 5.74) is 8.60. The predicted octanol–water partition coefficient (Wildman–Crippen LogP) is 4.77. The molecular weight excluding hydrogens is 540 g/mol. The number of amides is 1. The van der Waals surface area contributed by atoms with Crippen LogP contribution in [-0.4, -0.2) is 40.7 Å². The Morgan fingerprint density at radius 3 is 2.62 bits per heavy atom. The maximum Gasteiger partial charge on any atom is 0.280 e. The Labute approximate surface area is 234 Å². The van der Waals surface area contributed by atoms with Crippen molar-refractivity contribution in [3.63, 3.8) is 0 Å². The Bertz CT molecular complexity index is 1640. The molecule has 1 amide bonds. The van der Waals surface area contributed by atoms with Crippen molar-refractivity contribution in [3.05, 3.63) is 99.1 Å². The fourth-order valence-corrected chi connectivity index (χ4v) is 4.44. The van der Waals surface area contributed by atoms with Gasteiger partial charge < -0.3 is 15.4 Å². The minimum absolute atomic E-state index is 0.0174. The summed E-state index contributed by atoms with van der Waals surface area (Å²) in [5, 5.41) is 0.610. The number of rotatable bonds is 10. The summed E-state index contributed by atoms with van der Waals surface area (Å²) < 4.78 is 35.7. The molecule has 1 heterocycles. The van der Waals surface area contributed by atoms with Crippen molar-refractivity contribution in [1.29, 1.82) is 0 Å². The molecule has 0 saturated carbocycles. The average molecular weight is 566 g/mol. The van der Waals surface area contributed by atoms with Crippen LogP contribution in [0.5, 0.6) is 5.75 Å². The van der Waals surface area contributed by atoms with E-state index in [4.69, 9.17) is 33.5 Å². The molecule has 3 aromatic carbocycles. The minimum Gasteiger partial charge on any atom is -0.494 e. The number of hydrogen-bond donors (Lipinski definition) is 2. The number of carbonyl (C=O) groups is 1. The van der Waals surface area contributed by atoms with Crippen molar-refractivity contribution in [2.75, 3.05) is 25.6 Å². The number of anilines is 1. The molecular formula is C29H26ClF2N5O3. The van der Waals surface area contributed by atoms with Gasteiger partial charge in [0.25, 0.3) is 11.5 Å². The van der Waals surface area contributed by atoms with Crippen LogP contribution in [0.3, 0.4) is 0 Å². The van der Waals surface area contributed by atoms with Crippen LogP contribution in [-0.2, 0) is 0 Å². The van der Waals surface area contributed by atoms with Gasteiger partial charge >= 0.3 is 0 Å². The van der Waals surface area contributed by atoms with Gasteiger partial charge in [-0.3, -0.25) is 15.0 Å². The quantitative estimate of drug-likeness (QED) is 0.269. The lowest BCUT2D eigenvalue weighted by Crippen LogP contribution is -2.41. The highest BCUT2D eigenvalue weighted by molar-refractivity contribution is 6.31. The second-order valence-electron chi connectivity index (χ2n) is 8.76. The number of methoxy groups -OCH3 is 1. The van der Waals surface area contributed by atoms with E-state index in [2.05, 4.69) is 11.3 Å². The average Bonchev–Trinajstić information content (AvgIpc) is 2.95. The number of halogens is 3. The minimum atomic E-state index is -1.38. The first-order valence-corrected chi connectivity index (χ1v) is 12.7. The lowest BCUT2D eigenvalue weighted by atomic mass is 10.1. The van der Waals surface area contributed by atoms with Gasteiger partial charge in [0.15, 0.2) is 17.4 Å². The number of ether oxygens (including phenoxy) is 1. The fourth-order valence-electron chi connectivity index (χ4n) is 4.27. The summed E-state index contributed by atoms with van der Waals surface area (Å²) in [6.45, 7) is 0.214. The third-order valence-electron chi connectivity index (χ3n) is 6.22. The fraction of sp³-hybridized carbons (Fsp3) is 0.207. The number of fused-ring (bicyclic) bond motifs is 1. The molecule has 0 fully saturated rings. The molecule has 0 radical (unpaired) electrons. The number of nitrogens with two attached hydrogens (primary N) is 1. The highest BCUT2D eigenvalue weighted by atomic mass is 35.5. The van der Waals surface area contributed by atoms with E-state index in [0.717, 1.165) is 12.1 Å². The molecule has 1 aromatic heterocycles. The van der Waals surface area contributed by atoms with E-state index < -0.39 is 34.7 Å². The van der Waals surface area contributed by atoms with Crippen molar-refractivity contribution in [2.24, 2.45) is 5.73 Å². The molecule has 8 nitrogen and oxygen atoms in total. The Morgan fingerprint density at radius 2 is 1.95 bits per heavy atom. The molecule has 0 saturated heterocycles. The summed E-state index contributed by atoms with van der Waals surface area (Å²) in [6, 6.07) is 14.7. The van der Waals surface area contributed by atoms with Crippen LogP contribution in [0.4, 0.5) is 14.5 Å². The van der Waals surface area contributed by atoms with E-state index in [1.54, 1.807) is 36.4 Å². The Hall–Kier alpha value is -4.46. The first kappa shape index (κ1) is 28.5. The second kappa shape index (κ2) is 12.6. The maximum absolute atomic E-state index is 15.1. The molecule has 0 aliphatic rings. The molecule has 11 heteroatoms. The number of aromatic nitrogens is 2. The number of para-hydroxylation sites is 1. The monoisotopic (exact) mass is 565 g/mol.